The molecule has 0 unspecified atom stereocenters. The molecule has 128 valence electrons. The van der Waals surface area contributed by atoms with Gasteiger partial charge in [0.25, 0.3) is 5.91 Å². The number of rotatable bonds is 2. The maximum Gasteiger partial charge on any atom is 0.416 e. The molecule has 0 radical (unpaired) electrons. The van der Waals surface area contributed by atoms with Crippen molar-refractivity contribution >= 4 is 5.91 Å². The molecule has 1 amide bonds. The molecule has 1 saturated heterocycles. The van der Waals surface area contributed by atoms with E-state index in [-0.39, 0.29) is 18.9 Å². The highest BCUT2D eigenvalue weighted by Gasteiger charge is 2.38. The lowest BCUT2D eigenvalue weighted by Crippen LogP contribution is -2.32. The third-order valence-electron chi connectivity index (χ3n) is 4.23. The van der Waals surface area contributed by atoms with Gasteiger partial charge in [-0.2, -0.15) is 13.2 Å². The van der Waals surface area contributed by atoms with Gasteiger partial charge in [0.15, 0.2) is 0 Å². The fourth-order valence-corrected chi connectivity index (χ4v) is 3.04. The first-order chi connectivity index (χ1) is 11.3. The van der Waals surface area contributed by atoms with Crippen LogP contribution in [0, 0.1) is 6.92 Å². The standard InChI is InChI=1S/C17H16F3NO3/c1-10-14(5-6-24-10)16(23)21-9-13(22)8-15(21)11-3-2-4-12(7-11)17(18,19)20/h2-7,13,15,22H,8-9H2,1H3/t13-,15-/m0/s1. The fourth-order valence-electron chi connectivity index (χ4n) is 3.04. The molecule has 4 nitrogen and oxygen atoms in total. The minimum Gasteiger partial charge on any atom is -0.469 e. The highest BCUT2D eigenvalue weighted by atomic mass is 19.4. The molecule has 24 heavy (non-hydrogen) atoms. The van der Waals surface area contributed by atoms with Gasteiger partial charge in [-0.15, -0.1) is 0 Å². The van der Waals surface area contributed by atoms with Crippen LogP contribution in [0.2, 0.25) is 0 Å². The first-order valence-electron chi connectivity index (χ1n) is 7.47. The first kappa shape index (κ1) is 16.6. The second-order valence-corrected chi connectivity index (χ2v) is 5.88. The maximum atomic E-state index is 12.9. The smallest absolute Gasteiger partial charge is 0.416 e. The number of amides is 1. The molecule has 0 saturated carbocycles. The van der Waals surface area contributed by atoms with Gasteiger partial charge in [-0.05, 0) is 37.1 Å². The van der Waals surface area contributed by atoms with E-state index in [9.17, 15) is 23.1 Å². The van der Waals surface area contributed by atoms with E-state index in [4.69, 9.17) is 4.42 Å². The van der Waals surface area contributed by atoms with Crippen molar-refractivity contribution in [2.24, 2.45) is 0 Å². The third-order valence-corrected chi connectivity index (χ3v) is 4.23. The quantitative estimate of drug-likeness (QED) is 0.910. The first-order valence-corrected chi connectivity index (χ1v) is 7.47. The summed E-state index contributed by atoms with van der Waals surface area (Å²) in [5.74, 6) is 0.0735. The van der Waals surface area contributed by atoms with E-state index in [0.29, 0.717) is 16.9 Å². The predicted octanol–water partition coefficient (Wildman–Crippen LogP) is 3.55. The maximum absolute atomic E-state index is 12.9. The van der Waals surface area contributed by atoms with Crippen LogP contribution in [0.3, 0.4) is 0 Å². The molecule has 1 N–H and O–H groups in total. The summed E-state index contributed by atoms with van der Waals surface area (Å²) in [4.78, 5) is 14.1. The summed E-state index contributed by atoms with van der Waals surface area (Å²) < 4.78 is 43.9. The molecule has 7 heteroatoms. The molecule has 2 aromatic rings. The molecule has 0 aliphatic carbocycles. The van der Waals surface area contributed by atoms with Crippen molar-refractivity contribution in [3.63, 3.8) is 0 Å². The molecular formula is C17H16F3NO3. The van der Waals surface area contributed by atoms with E-state index in [0.717, 1.165) is 12.1 Å². The van der Waals surface area contributed by atoms with Crippen molar-refractivity contribution in [1.82, 2.24) is 4.90 Å². The summed E-state index contributed by atoms with van der Waals surface area (Å²) in [6, 6.07) is 5.79. The van der Waals surface area contributed by atoms with E-state index in [2.05, 4.69) is 0 Å². The number of hydrogen-bond donors (Lipinski definition) is 1. The Balaban J connectivity index is 1.94. The lowest BCUT2D eigenvalue weighted by atomic mass is 10.0. The number of furan rings is 1. The minimum absolute atomic E-state index is 0.0738. The van der Waals surface area contributed by atoms with Crippen LogP contribution >= 0.6 is 0 Å². The van der Waals surface area contributed by atoms with E-state index in [1.807, 2.05) is 0 Å². The number of carbonyl (C=O) groups is 1. The summed E-state index contributed by atoms with van der Waals surface area (Å²) in [5, 5.41) is 9.94. The number of nitrogens with zero attached hydrogens (tertiary/aromatic N) is 1. The summed E-state index contributed by atoms with van der Waals surface area (Å²) in [6.45, 7) is 1.71. The summed E-state index contributed by atoms with van der Waals surface area (Å²) in [7, 11) is 0. The van der Waals surface area contributed by atoms with Gasteiger partial charge in [0, 0.05) is 6.54 Å². The van der Waals surface area contributed by atoms with Gasteiger partial charge >= 0.3 is 6.18 Å². The number of alkyl halides is 3. The van der Waals surface area contributed by atoms with Crippen LogP contribution in [-0.2, 0) is 6.18 Å². The number of β-amino-alcohol motifs (C(OH)–C–C–N with tert-alkyl or cyclic N) is 1. The Morgan fingerprint density at radius 3 is 2.71 bits per heavy atom. The van der Waals surface area contributed by atoms with Crippen LogP contribution in [0.25, 0.3) is 0 Å². The van der Waals surface area contributed by atoms with Crippen molar-refractivity contribution in [3.05, 3.63) is 59.0 Å². The topological polar surface area (TPSA) is 53.7 Å². The largest absolute Gasteiger partial charge is 0.469 e. The number of aliphatic hydroxyl groups excluding tert-OH is 1. The molecule has 0 spiro atoms. The lowest BCUT2D eigenvalue weighted by molar-refractivity contribution is -0.137. The second kappa shape index (κ2) is 5.98. The Labute approximate surface area is 136 Å². The molecule has 1 aromatic carbocycles. The van der Waals surface area contributed by atoms with Crippen LogP contribution in [0.15, 0.2) is 41.0 Å². The van der Waals surface area contributed by atoms with Gasteiger partial charge in [-0.25, -0.2) is 0 Å². The summed E-state index contributed by atoms with van der Waals surface area (Å²) in [5.41, 5.74) is -0.0646. The van der Waals surface area contributed by atoms with Gasteiger partial charge < -0.3 is 14.4 Å². The Morgan fingerprint density at radius 2 is 2.08 bits per heavy atom. The van der Waals surface area contributed by atoms with Crippen molar-refractivity contribution in [3.8, 4) is 0 Å². The van der Waals surface area contributed by atoms with Crippen LogP contribution in [0.1, 0.15) is 39.7 Å². The molecule has 1 fully saturated rings. The average molecular weight is 339 g/mol. The van der Waals surface area contributed by atoms with Gasteiger partial charge in [0.05, 0.1) is 29.5 Å². The third kappa shape index (κ3) is 3.03. The number of hydrogen-bond acceptors (Lipinski definition) is 3. The van der Waals surface area contributed by atoms with E-state index in [1.165, 1.54) is 23.3 Å². The molecule has 2 atom stereocenters. The van der Waals surface area contributed by atoms with Crippen molar-refractivity contribution < 1.29 is 27.5 Å². The number of aryl methyl sites for hydroxylation is 1. The van der Waals surface area contributed by atoms with Crippen LogP contribution in [0.4, 0.5) is 13.2 Å². The van der Waals surface area contributed by atoms with Gasteiger partial charge in [0.1, 0.15) is 5.76 Å². The molecule has 0 bridgehead atoms. The number of halogens is 3. The van der Waals surface area contributed by atoms with E-state index >= 15 is 0 Å². The zero-order valence-corrected chi connectivity index (χ0v) is 12.9. The zero-order valence-electron chi connectivity index (χ0n) is 12.9. The Hall–Kier alpha value is -2.28. The van der Waals surface area contributed by atoms with E-state index < -0.39 is 23.9 Å². The van der Waals surface area contributed by atoms with Crippen LogP contribution < -0.4 is 0 Å². The van der Waals surface area contributed by atoms with Gasteiger partial charge in [-0.1, -0.05) is 12.1 Å². The second-order valence-electron chi connectivity index (χ2n) is 5.88. The molecular weight excluding hydrogens is 323 g/mol. The molecule has 1 aliphatic rings. The van der Waals surface area contributed by atoms with Gasteiger partial charge in [0.2, 0.25) is 0 Å². The average Bonchev–Trinajstić information content (AvgIpc) is 3.12. The van der Waals surface area contributed by atoms with Crippen LogP contribution in [-0.4, -0.2) is 28.6 Å². The summed E-state index contributed by atoms with van der Waals surface area (Å²) in [6.07, 6.45) is -3.65. The monoisotopic (exact) mass is 339 g/mol. The normalized spacial score (nSPS) is 21.3. The number of likely N-dealkylation sites (tertiary alicyclic amines) is 1. The number of benzene rings is 1. The van der Waals surface area contributed by atoms with Crippen molar-refractivity contribution in [1.29, 1.82) is 0 Å². The Kier molecular flexibility index (Phi) is 4.13. The van der Waals surface area contributed by atoms with E-state index in [1.54, 1.807) is 13.0 Å². The SMILES string of the molecule is Cc1occc1C(=O)N1C[C@@H](O)C[C@H]1c1cccc(C(F)(F)F)c1. The molecule has 1 aromatic heterocycles. The number of carbonyl (C=O) groups excluding carboxylic acids is 1. The fraction of sp³-hybridized carbons (Fsp3) is 0.353. The van der Waals surface area contributed by atoms with Gasteiger partial charge in [-0.3, -0.25) is 4.79 Å². The van der Waals surface area contributed by atoms with Crippen LogP contribution in [0.5, 0.6) is 0 Å². The Bertz CT molecular complexity index is 754. The van der Waals surface area contributed by atoms with Crippen molar-refractivity contribution in [2.45, 2.75) is 31.7 Å². The predicted molar refractivity (Wildman–Crippen MR) is 79.3 cm³/mol. The Morgan fingerprint density at radius 1 is 1.33 bits per heavy atom. The number of aliphatic hydroxyl groups is 1. The molecule has 3 rings (SSSR count). The lowest BCUT2D eigenvalue weighted by Gasteiger charge is -2.25. The zero-order chi connectivity index (χ0) is 17.5. The highest BCUT2D eigenvalue weighted by Crippen LogP contribution is 2.37. The molecule has 1 aliphatic heterocycles. The molecule has 2 heterocycles. The highest BCUT2D eigenvalue weighted by molar-refractivity contribution is 5.95. The summed E-state index contributed by atoms with van der Waals surface area (Å²) >= 11 is 0. The minimum atomic E-state index is -4.46. The van der Waals surface area contributed by atoms with Crippen molar-refractivity contribution in [2.75, 3.05) is 6.54 Å².